The predicted molar refractivity (Wildman–Crippen MR) is 88.9 cm³/mol. The van der Waals surface area contributed by atoms with Crippen molar-refractivity contribution in [2.75, 3.05) is 52.7 Å². The van der Waals surface area contributed by atoms with Gasteiger partial charge >= 0.3 is 0 Å². The van der Waals surface area contributed by atoms with E-state index >= 15 is 0 Å². The van der Waals surface area contributed by atoms with Gasteiger partial charge in [-0.25, -0.2) is 0 Å². The Hall–Kier alpha value is -0.160. The third-order valence-electron chi connectivity index (χ3n) is 3.89. The van der Waals surface area contributed by atoms with Gasteiger partial charge in [0.05, 0.1) is 26.4 Å². The van der Waals surface area contributed by atoms with E-state index < -0.39 is 0 Å². The Bertz CT molecular complexity index is 214. The molecule has 128 valence electrons. The van der Waals surface area contributed by atoms with Crippen LogP contribution in [0, 0.1) is 5.41 Å². The fourth-order valence-electron chi connectivity index (χ4n) is 1.92. The van der Waals surface area contributed by atoms with Gasteiger partial charge in [-0.1, -0.05) is 34.1 Å². The summed E-state index contributed by atoms with van der Waals surface area (Å²) < 4.78 is 16.6. The molecular formula is C17H37NO3. The van der Waals surface area contributed by atoms with Crippen LogP contribution in [0.2, 0.25) is 0 Å². The van der Waals surface area contributed by atoms with Crippen LogP contribution in [-0.2, 0) is 14.2 Å². The summed E-state index contributed by atoms with van der Waals surface area (Å²) >= 11 is 0. The van der Waals surface area contributed by atoms with Crippen LogP contribution < -0.4 is 5.32 Å². The molecule has 0 amide bonds. The Morgan fingerprint density at radius 2 is 1.38 bits per heavy atom. The molecule has 0 aromatic heterocycles. The molecule has 0 spiro atoms. The standard InChI is InChI=1S/C17H37NO3/c1-5-8-10-19-12-14-21-15-13-20-11-9-17(4,6-2)16-18-7-3/h18H,5-16H2,1-4H3. The van der Waals surface area contributed by atoms with E-state index in [0.29, 0.717) is 31.8 Å². The van der Waals surface area contributed by atoms with Gasteiger partial charge in [0.2, 0.25) is 0 Å². The highest BCUT2D eigenvalue weighted by Gasteiger charge is 2.20. The quantitative estimate of drug-likeness (QED) is 0.444. The van der Waals surface area contributed by atoms with E-state index in [0.717, 1.165) is 39.1 Å². The smallest absolute Gasteiger partial charge is 0.0701 e. The molecule has 0 aromatic rings. The van der Waals surface area contributed by atoms with Crippen molar-refractivity contribution in [3.8, 4) is 0 Å². The van der Waals surface area contributed by atoms with E-state index in [4.69, 9.17) is 14.2 Å². The molecule has 0 aliphatic carbocycles. The lowest BCUT2D eigenvalue weighted by Gasteiger charge is -2.28. The molecule has 1 atom stereocenters. The summed E-state index contributed by atoms with van der Waals surface area (Å²) in [6.07, 6.45) is 4.58. The lowest BCUT2D eigenvalue weighted by atomic mass is 9.84. The molecule has 1 N–H and O–H groups in total. The third-order valence-corrected chi connectivity index (χ3v) is 3.89. The largest absolute Gasteiger partial charge is 0.379 e. The minimum absolute atomic E-state index is 0.337. The summed E-state index contributed by atoms with van der Waals surface area (Å²) in [5, 5.41) is 3.44. The van der Waals surface area contributed by atoms with Crippen LogP contribution >= 0.6 is 0 Å². The average molecular weight is 303 g/mol. The summed E-state index contributed by atoms with van der Waals surface area (Å²) in [4.78, 5) is 0. The van der Waals surface area contributed by atoms with Gasteiger partial charge in [0.15, 0.2) is 0 Å². The van der Waals surface area contributed by atoms with Gasteiger partial charge in [0.1, 0.15) is 0 Å². The second kappa shape index (κ2) is 14.8. The summed E-state index contributed by atoms with van der Waals surface area (Å²) in [7, 11) is 0. The Morgan fingerprint density at radius 1 is 0.810 bits per heavy atom. The summed E-state index contributed by atoms with van der Waals surface area (Å²) in [6.45, 7) is 15.3. The summed E-state index contributed by atoms with van der Waals surface area (Å²) in [5.74, 6) is 0. The van der Waals surface area contributed by atoms with Crippen LogP contribution in [0.4, 0.5) is 0 Å². The first-order valence-corrected chi connectivity index (χ1v) is 8.62. The molecule has 0 fully saturated rings. The predicted octanol–water partition coefficient (Wildman–Crippen LogP) is 3.25. The number of nitrogens with one attached hydrogen (secondary N) is 1. The maximum Gasteiger partial charge on any atom is 0.0701 e. The fourth-order valence-corrected chi connectivity index (χ4v) is 1.92. The second-order valence-electron chi connectivity index (χ2n) is 5.89. The van der Waals surface area contributed by atoms with Gasteiger partial charge in [-0.15, -0.1) is 0 Å². The molecular weight excluding hydrogens is 266 g/mol. The van der Waals surface area contributed by atoms with Crippen LogP contribution in [0.25, 0.3) is 0 Å². The molecule has 4 heteroatoms. The molecule has 0 aliphatic rings. The third kappa shape index (κ3) is 13.2. The zero-order valence-electron chi connectivity index (χ0n) is 14.7. The monoisotopic (exact) mass is 303 g/mol. The topological polar surface area (TPSA) is 39.7 Å². The highest BCUT2D eigenvalue weighted by molar-refractivity contribution is 4.74. The lowest BCUT2D eigenvalue weighted by Crippen LogP contribution is -2.32. The minimum atomic E-state index is 0.337. The molecule has 0 saturated carbocycles. The van der Waals surface area contributed by atoms with Crippen LogP contribution in [0.1, 0.15) is 53.4 Å². The van der Waals surface area contributed by atoms with Gasteiger partial charge in [-0.05, 0) is 31.2 Å². The molecule has 0 aromatic carbocycles. The summed E-state index contributed by atoms with van der Waals surface area (Å²) in [5.41, 5.74) is 0.337. The van der Waals surface area contributed by atoms with Gasteiger partial charge in [0.25, 0.3) is 0 Å². The average Bonchev–Trinajstić information content (AvgIpc) is 2.50. The Balaban J connectivity index is 3.34. The van der Waals surface area contributed by atoms with Crippen LogP contribution in [-0.4, -0.2) is 52.7 Å². The normalized spacial score (nSPS) is 14.3. The van der Waals surface area contributed by atoms with Gasteiger partial charge in [-0.3, -0.25) is 0 Å². The first-order chi connectivity index (χ1) is 10.2. The van der Waals surface area contributed by atoms with Gasteiger partial charge in [-0.2, -0.15) is 0 Å². The lowest BCUT2D eigenvalue weighted by molar-refractivity contribution is 0.00840. The highest BCUT2D eigenvalue weighted by Crippen LogP contribution is 2.24. The van der Waals surface area contributed by atoms with Crippen molar-refractivity contribution in [1.82, 2.24) is 5.32 Å². The minimum Gasteiger partial charge on any atom is -0.379 e. The fraction of sp³-hybridized carbons (Fsp3) is 1.00. The van der Waals surface area contributed by atoms with E-state index in [1.807, 2.05) is 0 Å². The van der Waals surface area contributed by atoms with E-state index in [1.165, 1.54) is 12.8 Å². The maximum atomic E-state index is 5.66. The van der Waals surface area contributed by atoms with Crippen molar-refractivity contribution in [2.45, 2.75) is 53.4 Å². The van der Waals surface area contributed by atoms with Crippen molar-refractivity contribution in [3.05, 3.63) is 0 Å². The van der Waals surface area contributed by atoms with E-state index in [-0.39, 0.29) is 0 Å². The Labute approximate surface area is 131 Å². The molecule has 21 heavy (non-hydrogen) atoms. The molecule has 1 unspecified atom stereocenters. The first-order valence-electron chi connectivity index (χ1n) is 8.62. The number of rotatable bonds is 16. The van der Waals surface area contributed by atoms with Crippen molar-refractivity contribution < 1.29 is 14.2 Å². The van der Waals surface area contributed by atoms with Gasteiger partial charge in [0, 0.05) is 19.8 Å². The molecule has 0 aliphatic heterocycles. The Morgan fingerprint density at radius 3 is 1.90 bits per heavy atom. The molecule has 0 bridgehead atoms. The van der Waals surface area contributed by atoms with Crippen LogP contribution in [0.15, 0.2) is 0 Å². The number of hydrogen-bond donors (Lipinski definition) is 1. The van der Waals surface area contributed by atoms with Crippen molar-refractivity contribution >= 4 is 0 Å². The highest BCUT2D eigenvalue weighted by atomic mass is 16.5. The SMILES string of the molecule is CCCCOCCOCCOCCC(C)(CC)CNCC. The first kappa shape index (κ1) is 20.8. The number of hydrogen-bond acceptors (Lipinski definition) is 4. The zero-order valence-corrected chi connectivity index (χ0v) is 14.7. The molecule has 0 rings (SSSR count). The van der Waals surface area contributed by atoms with Crippen molar-refractivity contribution in [2.24, 2.45) is 5.41 Å². The zero-order chi connectivity index (χ0) is 15.8. The van der Waals surface area contributed by atoms with E-state index in [1.54, 1.807) is 0 Å². The van der Waals surface area contributed by atoms with E-state index in [9.17, 15) is 0 Å². The molecule has 0 radical (unpaired) electrons. The molecule has 0 heterocycles. The van der Waals surface area contributed by atoms with Crippen molar-refractivity contribution in [3.63, 3.8) is 0 Å². The summed E-state index contributed by atoms with van der Waals surface area (Å²) in [6, 6.07) is 0. The van der Waals surface area contributed by atoms with Crippen LogP contribution in [0.3, 0.4) is 0 Å². The number of ether oxygens (including phenoxy) is 3. The number of unbranched alkanes of at least 4 members (excludes halogenated alkanes) is 1. The second-order valence-corrected chi connectivity index (χ2v) is 5.89. The Kier molecular flexibility index (Phi) is 14.7. The molecule has 0 saturated heterocycles. The van der Waals surface area contributed by atoms with E-state index in [2.05, 4.69) is 33.0 Å². The van der Waals surface area contributed by atoms with Crippen molar-refractivity contribution in [1.29, 1.82) is 0 Å². The molecule has 4 nitrogen and oxygen atoms in total. The van der Waals surface area contributed by atoms with Gasteiger partial charge < -0.3 is 19.5 Å². The maximum absolute atomic E-state index is 5.66. The van der Waals surface area contributed by atoms with Crippen LogP contribution in [0.5, 0.6) is 0 Å².